The molecule has 1 saturated carbocycles. The second kappa shape index (κ2) is 15.4. The van der Waals surface area contributed by atoms with Crippen LogP contribution in [0.3, 0.4) is 0 Å². The second-order valence-electron chi connectivity index (χ2n) is 15.4. The molecule has 2 aliphatic rings. The van der Waals surface area contributed by atoms with Crippen molar-refractivity contribution in [2.45, 2.75) is 92.5 Å². The summed E-state index contributed by atoms with van der Waals surface area (Å²) < 4.78 is 0. The maximum Gasteiger partial charge on any atom is 4.00 e. The number of rotatable bonds is 4. The van der Waals surface area contributed by atoms with E-state index in [0.717, 1.165) is 0 Å². The quantitative estimate of drug-likeness (QED) is 0.196. The molecule has 5 heteroatoms. The van der Waals surface area contributed by atoms with Gasteiger partial charge in [-0.2, -0.15) is 5.92 Å². The molecule has 0 aromatic heterocycles. The summed E-state index contributed by atoms with van der Waals surface area (Å²) in [4.78, 5) is 0. The minimum atomic E-state index is -2.62. The van der Waals surface area contributed by atoms with Crippen LogP contribution in [0.25, 0.3) is 0 Å². The Morgan fingerprint density at radius 3 is 1.33 bits per heavy atom. The summed E-state index contributed by atoms with van der Waals surface area (Å²) in [6, 6.07) is 22.7. The van der Waals surface area contributed by atoms with Gasteiger partial charge in [0.2, 0.25) is 0 Å². The standard InChI is InChI=1S/C40H51Si.3ClH.Ti/c1-26-16-27(2)19-34(18-26)41(35-20-28(3)17-29(4)21-35,38-30(5)22-31-14-12-13-15-37(31)38)36-24-32(39(6,7)8)23-33(25-36)40(9,10)11;;;;/h12-25,30-31,37-38H,1-11H3;3*1H;/q-1;;;;+4/p-3. The van der Waals surface area contributed by atoms with Gasteiger partial charge in [-0.15, -0.1) is 12.0 Å². The van der Waals surface area contributed by atoms with Crippen LogP contribution < -0.4 is 52.8 Å². The number of allylic oxidation sites excluding steroid dienone is 4. The zero-order valence-corrected chi connectivity index (χ0v) is 33.9. The molecule has 45 heavy (non-hydrogen) atoms. The van der Waals surface area contributed by atoms with E-state index in [0.29, 0.717) is 23.3 Å². The molecular weight excluding hydrogens is 663 g/mol. The number of hydrogen-bond donors (Lipinski definition) is 0. The predicted molar refractivity (Wildman–Crippen MR) is 183 cm³/mol. The molecule has 240 valence electrons. The van der Waals surface area contributed by atoms with Crippen LogP contribution in [0, 0.1) is 51.9 Å². The van der Waals surface area contributed by atoms with Crippen LogP contribution in [0.5, 0.6) is 0 Å². The Bertz CT molecular complexity index is 1400. The number of hydrogen-bond acceptors (Lipinski definition) is 0. The average molecular weight is 714 g/mol. The smallest absolute Gasteiger partial charge is 1.00 e. The van der Waals surface area contributed by atoms with E-state index in [2.05, 4.69) is 161 Å². The predicted octanol–water partition coefficient (Wildman–Crippen LogP) is -0.422. The minimum absolute atomic E-state index is 0. The van der Waals surface area contributed by atoms with Gasteiger partial charge in [-0.25, -0.2) is 0 Å². The zero-order chi connectivity index (χ0) is 29.9. The van der Waals surface area contributed by atoms with Gasteiger partial charge in [0.05, 0.1) is 0 Å². The van der Waals surface area contributed by atoms with Crippen molar-refractivity contribution >= 4 is 23.6 Å². The van der Waals surface area contributed by atoms with Gasteiger partial charge in [0.1, 0.15) is 8.07 Å². The first-order valence-corrected chi connectivity index (χ1v) is 17.7. The third-order valence-corrected chi connectivity index (χ3v) is 15.2. The molecule has 0 spiro atoms. The van der Waals surface area contributed by atoms with Crippen LogP contribution in [-0.4, -0.2) is 8.07 Å². The first kappa shape index (κ1) is 42.0. The Balaban J connectivity index is 0.00000253. The molecule has 2 aliphatic carbocycles. The largest absolute Gasteiger partial charge is 4.00 e. The van der Waals surface area contributed by atoms with Crippen molar-refractivity contribution in [1.82, 2.24) is 0 Å². The van der Waals surface area contributed by atoms with Crippen molar-refractivity contribution in [3.05, 3.63) is 119 Å². The molecule has 0 aliphatic heterocycles. The number of fused-ring (bicyclic) bond motifs is 1. The molecule has 0 saturated heterocycles. The molecule has 0 bridgehead atoms. The third kappa shape index (κ3) is 8.16. The van der Waals surface area contributed by atoms with E-state index in [9.17, 15) is 0 Å². The molecule has 4 unspecified atom stereocenters. The van der Waals surface area contributed by atoms with Crippen molar-refractivity contribution in [2.75, 3.05) is 0 Å². The number of benzene rings is 3. The molecule has 4 atom stereocenters. The summed E-state index contributed by atoms with van der Waals surface area (Å²) in [7, 11) is -2.62. The summed E-state index contributed by atoms with van der Waals surface area (Å²) in [6.45, 7) is 26.0. The Labute approximate surface area is 309 Å². The van der Waals surface area contributed by atoms with Crippen LogP contribution in [0.4, 0.5) is 0 Å². The van der Waals surface area contributed by atoms with Crippen LogP contribution in [0.15, 0.2) is 78.9 Å². The Hall–Kier alpha value is -1.06. The molecule has 3 aromatic carbocycles. The molecule has 0 heterocycles. The van der Waals surface area contributed by atoms with E-state index in [-0.39, 0.29) is 69.8 Å². The number of halogens is 3. The van der Waals surface area contributed by atoms with E-state index >= 15 is 0 Å². The maximum atomic E-state index is 2.67. The average Bonchev–Trinajstić information content (AvgIpc) is 3.18. The van der Waals surface area contributed by atoms with Gasteiger partial charge >= 0.3 is 21.7 Å². The summed E-state index contributed by atoms with van der Waals surface area (Å²) in [5.74, 6) is 1.50. The van der Waals surface area contributed by atoms with Crippen molar-refractivity contribution in [3.8, 4) is 0 Å². The van der Waals surface area contributed by atoms with Crippen molar-refractivity contribution < 1.29 is 58.9 Å². The van der Waals surface area contributed by atoms with Gasteiger partial charge in [-0.3, -0.25) is 0 Å². The molecule has 0 amide bonds. The van der Waals surface area contributed by atoms with Crippen LogP contribution in [0.2, 0.25) is 5.54 Å². The number of aryl methyl sites for hydroxylation is 4. The Morgan fingerprint density at radius 1 is 0.556 bits per heavy atom. The van der Waals surface area contributed by atoms with Gasteiger partial charge in [0.25, 0.3) is 0 Å². The molecule has 0 radical (unpaired) electrons. The second-order valence-corrected chi connectivity index (χ2v) is 19.4. The summed E-state index contributed by atoms with van der Waals surface area (Å²) in [5.41, 5.74) is 9.02. The third-order valence-electron chi connectivity index (χ3n) is 9.70. The van der Waals surface area contributed by atoms with Crippen molar-refractivity contribution in [1.29, 1.82) is 0 Å². The van der Waals surface area contributed by atoms with Gasteiger partial charge in [0.15, 0.2) is 0 Å². The first-order chi connectivity index (χ1) is 19.1. The van der Waals surface area contributed by atoms with Crippen LogP contribution in [0.1, 0.15) is 81.8 Å². The monoisotopic (exact) mass is 712 g/mol. The fourth-order valence-electron chi connectivity index (χ4n) is 7.90. The van der Waals surface area contributed by atoms with Crippen molar-refractivity contribution in [2.24, 2.45) is 17.8 Å². The molecule has 3 aromatic rings. The molecule has 5 rings (SSSR count). The minimum Gasteiger partial charge on any atom is -1.00 e. The van der Waals surface area contributed by atoms with Gasteiger partial charge in [-0.05, 0) is 71.1 Å². The van der Waals surface area contributed by atoms with E-state index in [1.54, 1.807) is 15.6 Å². The van der Waals surface area contributed by atoms with Crippen LogP contribution in [-0.2, 0) is 32.5 Å². The first-order valence-electron chi connectivity index (χ1n) is 15.6. The topological polar surface area (TPSA) is 0 Å². The summed E-state index contributed by atoms with van der Waals surface area (Å²) in [5, 5.41) is 4.72. The van der Waals surface area contributed by atoms with Crippen LogP contribution >= 0.6 is 0 Å². The van der Waals surface area contributed by atoms with Gasteiger partial charge in [0, 0.05) is 0 Å². The molecule has 1 fully saturated rings. The normalized spacial score (nSPS) is 20.7. The van der Waals surface area contributed by atoms with E-state index in [4.69, 9.17) is 0 Å². The molecule has 0 nitrogen and oxygen atoms in total. The SMILES string of the molecule is Cc1cc(C)cc([Si](c2cc(C)cc(C)c2)(c2cc(C(C)(C)C)cc(C(C)(C)C)c2)C2C(C)[CH-]C3C=CC=CC32)c1.[Cl-].[Cl-].[Cl-].[Ti+4]. The van der Waals surface area contributed by atoms with E-state index in [1.165, 1.54) is 33.4 Å². The van der Waals surface area contributed by atoms with Crippen molar-refractivity contribution in [3.63, 3.8) is 0 Å². The van der Waals surface area contributed by atoms with Gasteiger partial charge < -0.3 is 43.6 Å². The summed E-state index contributed by atoms with van der Waals surface area (Å²) >= 11 is 0. The van der Waals surface area contributed by atoms with Gasteiger partial charge in [-0.1, -0.05) is 149 Å². The van der Waals surface area contributed by atoms with E-state index < -0.39 is 8.07 Å². The fraction of sp³-hybridized carbons (Fsp3) is 0.425. The summed E-state index contributed by atoms with van der Waals surface area (Å²) in [6.07, 6.45) is 12.2. The molecular formula is C40H51Cl3SiTi. The zero-order valence-electron chi connectivity index (χ0n) is 29.0. The Kier molecular flexibility index (Phi) is 14.4. The Morgan fingerprint density at radius 2 is 0.933 bits per heavy atom. The maximum absolute atomic E-state index is 2.67. The van der Waals surface area contributed by atoms with E-state index in [1.807, 2.05) is 0 Å². The fourth-order valence-corrected chi connectivity index (χ4v) is 14.5. The molecule has 0 N–H and O–H groups in total.